The quantitative estimate of drug-likeness (QED) is 0.661. The van der Waals surface area contributed by atoms with Crippen LogP contribution in [-0.4, -0.2) is 39.5 Å². The SMILES string of the molecule is CCNC(=O)[C@@H](C)OC(=O)CCNS(=O)(=O)c1ccc(F)c(F)c1. The van der Waals surface area contributed by atoms with Crippen molar-refractivity contribution in [2.24, 2.45) is 0 Å². The summed E-state index contributed by atoms with van der Waals surface area (Å²) < 4.78 is 56.5. The second-order valence-electron chi connectivity index (χ2n) is 4.75. The number of carbonyl (C=O) groups excluding carboxylic acids is 2. The third-order valence-corrected chi connectivity index (χ3v) is 4.31. The van der Waals surface area contributed by atoms with Gasteiger partial charge in [0.1, 0.15) is 0 Å². The molecular weight excluding hydrogens is 346 g/mol. The maximum absolute atomic E-state index is 13.1. The van der Waals surface area contributed by atoms with E-state index in [9.17, 15) is 26.8 Å². The highest BCUT2D eigenvalue weighted by atomic mass is 32.2. The number of rotatable bonds is 8. The van der Waals surface area contributed by atoms with Crippen molar-refractivity contribution in [1.29, 1.82) is 0 Å². The van der Waals surface area contributed by atoms with Crippen molar-refractivity contribution >= 4 is 21.9 Å². The summed E-state index contributed by atoms with van der Waals surface area (Å²) in [5.74, 6) is -3.71. The number of nitrogens with one attached hydrogen (secondary N) is 2. The molecule has 1 aromatic carbocycles. The van der Waals surface area contributed by atoms with Crippen LogP contribution in [0, 0.1) is 11.6 Å². The van der Waals surface area contributed by atoms with Crippen LogP contribution in [0.3, 0.4) is 0 Å². The summed E-state index contributed by atoms with van der Waals surface area (Å²) in [6.45, 7) is 3.16. The Balaban J connectivity index is 2.52. The summed E-state index contributed by atoms with van der Waals surface area (Å²) in [6, 6.07) is 2.12. The number of hydrogen-bond acceptors (Lipinski definition) is 5. The van der Waals surface area contributed by atoms with E-state index in [1.165, 1.54) is 6.92 Å². The number of amides is 1. The Bertz CT molecular complexity index is 709. The lowest BCUT2D eigenvalue weighted by atomic mass is 10.3. The molecule has 1 atom stereocenters. The molecule has 10 heteroatoms. The number of ether oxygens (including phenoxy) is 1. The zero-order valence-corrected chi connectivity index (χ0v) is 14.0. The molecule has 0 saturated carbocycles. The van der Waals surface area contributed by atoms with Crippen molar-refractivity contribution in [3.63, 3.8) is 0 Å². The average molecular weight is 364 g/mol. The van der Waals surface area contributed by atoms with Crippen molar-refractivity contribution in [1.82, 2.24) is 10.0 Å². The van der Waals surface area contributed by atoms with Crippen molar-refractivity contribution in [2.75, 3.05) is 13.1 Å². The first-order chi connectivity index (χ1) is 11.2. The Morgan fingerprint density at radius 3 is 2.50 bits per heavy atom. The number of likely N-dealkylation sites (N-methyl/N-ethyl adjacent to an activating group) is 1. The zero-order chi connectivity index (χ0) is 18.3. The van der Waals surface area contributed by atoms with E-state index in [2.05, 4.69) is 10.0 Å². The van der Waals surface area contributed by atoms with Gasteiger partial charge in [-0.05, 0) is 32.0 Å². The second kappa shape index (κ2) is 8.69. The van der Waals surface area contributed by atoms with Gasteiger partial charge in [0.15, 0.2) is 17.7 Å². The van der Waals surface area contributed by atoms with Gasteiger partial charge in [-0.1, -0.05) is 0 Å². The Morgan fingerprint density at radius 1 is 1.25 bits per heavy atom. The lowest BCUT2D eigenvalue weighted by Gasteiger charge is -2.13. The number of hydrogen-bond donors (Lipinski definition) is 2. The van der Waals surface area contributed by atoms with Crippen LogP contribution in [0.4, 0.5) is 8.78 Å². The third kappa shape index (κ3) is 5.85. The summed E-state index contributed by atoms with van der Waals surface area (Å²) in [5, 5.41) is 2.47. The fourth-order valence-electron chi connectivity index (χ4n) is 1.64. The van der Waals surface area contributed by atoms with E-state index in [0.29, 0.717) is 18.7 Å². The molecule has 0 aliphatic rings. The van der Waals surface area contributed by atoms with Crippen LogP contribution < -0.4 is 10.0 Å². The van der Waals surface area contributed by atoms with Crippen molar-refractivity contribution in [2.45, 2.75) is 31.3 Å². The van der Waals surface area contributed by atoms with Gasteiger partial charge >= 0.3 is 5.97 Å². The van der Waals surface area contributed by atoms with Gasteiger partial charge < -0.3 is 10.1 Å². The Morgan fingerprint density at radius 2 is 1.92 bits per heavy atom. The van der Waals surface area contributed by atoms with Crippen LogP contribution in [0.5, 0.6) is 0 Å². The van der Waals surface area contributed by atoms with Gasteiger partial charge in [-0.25, -0.2) is 21.9 Å². The molecule has 0 unspecified atom stereocenters. The molecule has 1 amide bonds. The normalized spacial score (nSPS) is 12.5. The van der Waals surface area contributed by atoms with Crippen LogP contribution in [-0.2, 0) is 24.3 Å². The van der Waals surface area contributed by atoms with Crippen molar-refractivity contribution < 1.29 is 31.5 Å². The van der Waals surface area contributed by atoms with E-state index in [1.54, 1.807) is 6.92 Å². The highest BCUT2D eigenvalue weighted by Crippen LogP contribution is 2.13. The van der Waals surface area contributed by atoms with E-state index < -0.39 is 44.5 Å². The molecule has 1 aromatic rings. The number of benzene rings is 1. The summed E-state index contributed by atoms with van der Waals surface area (Å²) >= 11 is 0. The summed E-state index contributed by atoms with van der Waals surface area (Å²) in [4.78, 5) is 22.5. The fourth-order valence-corrected chi connectivity index (χ4v) is 2.69. The molecule has 0 aliphatic carbocycles. The molecule has 0 bridgehead atoms. The topological polar surface area (TPSA) is 102 Å². The maximum atomic E-state index is 13.1. The summed E-state index contributed by atoms with van der Waals surface area (Å²) in [7, 11) is -4.09. The molecule has 0 saturated heterocycles. The summed E-state index contributed by atoms with van der Waals surface area (Å²) in [6.07, 6.45) is -1.33. The van der Waals surface area contributed by atoms with Crippen molar-refractivity contribution in [3.05, 3.63) is 29.8 Å². The van der Waals surface area contributed by atoms with Gasteiger partial charge in [-0.2, -0.15) is 0 Å². The van der Waals surface area contributed by atoms with Gasteiger partial charge in [0, 0.05) is 13.1 Å². The van der Waals surface area contributed by atoms with E-state index in [1.807, 2.05) is 0 Å². The van der Waals surface area contributed by atoms with Crippen molar-refractivity contribution in [3.8, 4) is 0 Å². The van der Waals surface area contributed by atoms with Crippen LogP contribution in [0.2, 0.25) is 0 Å². The standard InChI is InChI=1S/C14H18F2N2O5S/c1-3-17-14(20)9(2)23-13(19)6-7-18-24(21,22)10-4-5-11(15)12(16)8-10/h4-5,8-9,18H,3,6-7H2,1-2H3,(H,17,20)/t9-/m1/s1. The number of sulfonamides is 1. The average Bonchev–Trinajstić information content (AvgIpc) is 2.49. The van der Waals surface area contributed by atoms with E-state index in [4.69, 9.17) is 4.74 Å². The van der Waals surface area contributed by atoms with Crippen LogP contribution in [0.1, 0.15) is 20.3 Å². The lowest BCUT2D eigenvalue weighted by Crippen LogP contribution is -2.36. The van der Waals surface area contributed by atoms with Gasteiger partial charge in [0.05, 0.1) is 11.3 Å². The zero-order valence-electron chi connectivity index (χ0n) is 13.1. The smallest absolute Gasteiger partial charge is 0.307 e. The number of halogens is 2. The molecule has 0 aliphatic heterocycles. The molecule has 0 heterocycles. The Hall–Kier alpha value is -2.07. The van der Waals surface area contributed by atoms with Gasteiger partial charge in [0.2, 0.25) is 10.0 Å². The molecule has 2 N–H and O–H groups in total. The Labute approximate surface area is 138 Å². The minimum atomic E-state index is -4.09. The molecule has 1 rings (SSSR count). The van der Waals surface area contributed by atoms with Crippen LogP contribution >= 0.6 is 0 Å². The molecule has 134 valence electrons. The minimum Gasteiger partial charge on any atom is -0.453 e. The molecule has 7 nitrogen and oxygen atoms in total. The minimum absolute atomic E-state index is 0.317. The predicted octanol–water partition coefficient (Wildman–Crippen LogP) is 0.701. The highest BCUT2D eigenvalue weighted by Gasteiger charge is 2.19. The Kier molecular flexibility index (Phi) is 7.23. The molecule has 0 aromatic heterocycles. The molecule has 0 spiro atoms. The number of carbonyl (C=O) groups is 2. The highest BCUT2D eigenvalue weighted by molar-refractivity contribution is 7.89. The maximum Gasteiger partial charge on any atom is 0.307 e. The lowest BCUT2D eigenvalue weighted by molar-refractivity contribution is -0.154. The molecular formula is C14H18F2N2O5S. The van der Waals surface area contributed by atoms with Gasteiger partial charge in [0.25, 0.3) is 5.91 Å². The van der Waals surface area contributed by atoms with Crippen LogP contribution in [0.15, 0.2) is 23.1 Å². The van der Waals surface area contributed by atoms with E-state index >= 15 is 0 Å². The first-order valence-electron chi connectivity index (χ1n) is 7.09. The molecule has 24 heavy (non-hydrogen) atoms. The van der Waals surface area contributed by atoms with Gasteiger partial charge in [-0.3, -0.25) is 9.59 Å². The van der Waals surface area contributed by atoms with Crippen LogP contribution in [0.25, 0.3) is 0 Å². The largest absolute Gasteiger partial charge is 0.453 e. The second-order valence-corrected chi connectivity index (χ2v) is 6.52. The summed E-state index contributed by atoms with van der Waals surface area (Å²) in [5.41, 5.74) is 0. The number of esters is 1. The predicted molar refractivity (Wildman–Crippen MR) is 80.4 cm³/mol. The van der Waals surface area contributed by atoms with Gasteiger partial charge in [-0.15, -0.1) is 0 Å². The fraction of sp³-hybridized carbons (Fsp3) is 0.429. The third-order valence-electron chi connectivity index (χ3n) is 2.85. The first kappa shape index (κ1) is 20.0. The van der Waals surface area contributed by atoms with E-state index in [0.717, 1.165) is 6.07 Å². The molecule has 0 fully saturated rings. The van der Waals surface area contributed by atoms with E-state index in [-0.39, 0.29) is 13.0 Å². The monoisotopic (exact) mass is 364 g/mol. The molecule has 0 radical (unpaired) electrons. The first-order valence-corrected chi connectivity index (χ1v) is 8.57.